The molecule has 0 atom stereocenters. The van der Waals surface area contributed by atoms with E-state index in [0.29, 0.717) is 24.2 Å². The van der Waals surface area contributed by atoms with E-state index in [4.69, 9.17) is 4.74 Å². The molecule has 0 spiro atoms. The van der Waals surface area contributed by atoms with E-state index in [1.165, 1.54) is 32.2 Å². The van der Waals surface area contributed by atoms with Crippen LogP contribution in [0, 0.1) is 30.9 Å². The molecule has 160 valence electrons. The zero-order valence-corrected chi connectivity index (χ0v) is 17.4. The second-order valence-corrected chi connectivity index (χ2v) is 6.82. The molecule has 0 amide bonds. The van der Waals surface area contributed by atoms with Gasteiger partial charge in [0.2, 0.25) is 5.78 Å². The lowest BCUT2D eigenvalue weighted by atomic mass is 10.1. The molecule has 0 unspecified atom stereocenters. The minimum Gasteiger partial charge on any atom is -0.469 e. The molecular weight excluding hydrogens is 392 g/mol. The quantitative estimate of drug-likeness (QED) is 0.266. The molecule has 9 nitrogen and oxygen atoms in total. The predicted octanol–water partition coefficient (Wildman–Crippen LogP) is 3.31. The molecule has 0 aliphatic carbocycles. The van der Waals surface area contributed by atoms with Crippen molar-refractivity contribution in [2.45, 2.75) is 40.2 Å². The van der Waals surface area contributed by atoms with Crippen molar-refractivity contribution in [3.63, 3.8) is 0 Å². The van der Waals surface area contributed by atoms with Crippen LogP contribution in [-0.2, 0) is 20.8 Å². The molecule has 0 saturated heterocycles. The maximum Gasteiger partial charge on any atom is 0.339 e. The number of nitro groups is 1. The van der Waals surface area contributed by atoms with Crippen LogP contribution in [0.5, 0.6) is 0 Å². The fourth-order valence-electron chi connectivity index (χ4n) is 3.24. The summed E-state index contributed by atoms with van der Waals surface area (Å²) in [4.78, 5) is 46.6. The number of nitrogens with zero attached hydrogens (tertiary/aromatic N) is 2. The summed E-state index contributed by atoms with van der Waals surface area (Å²) in [6, 6.07) is 5.82. The summed E-state index contributed by atoms with van der Waals surface area (Å²) in [5.41, 5.74) is 2.03. The number of hydrogen-bond donors (Lipinski definition) is 0. The Morgan fingerprint density at radius 1 is 1.13 bits per heavy atom. The van der Waals surface area contributed by atoms with Crippen molar-refractivity contribution in [2.24, 2.45) is 0 Å². The number of hydrogen-bond acceptors (Lipinski definition) is 7. The smallest absolute Gasteiger partial charge is 0.339 e. The molecule has 0 saturated carbocycles. The number of carbonyl (C=O) groups excluding carboxylic acids is 3. The van der Waals surface area contributed by atoms with E-state index in [-0.39, 0.29) is 35.0 Å². The number of carbonyl (C=O) groups is 3. The lowest BCUT2D eigenvalue weighted by Gasteiger charge is -2.10. The van der Waals surface area contributed by atoms with Crippen LogP contribution in [0.25, 0.3) is 0 Å². The molecule has 2 rings (SSSR count). The third-order valence-electron chi connectivity index (χ3n) is 4.92. The van der Waals surface area contributed by atoms with Gasteiger partial charge in [0.1, 0.15) is 0 Å². The average molecular weight is 416 g/mol. The third kappa shape index (κ3) is 5.11. The van der Waals surface area contributed by atoms with Crippen molar-refractivity contribution in [3.05, 3.63) is 62.5 Å². The molecule has 0 aliphatic heterocycles. The summed E-state index contributed by atoms with van der Waals surface area (Å²) >= 11 is 0. The fraction of sp³-hybridized carbons (Fsp3) is 0.381. The number of aromatic nitrogens is 1. The molecule has 1 aromatic heterocycles. The average Bonchev–Trinajstić information content (AvgIpc) is 2.99. The molecule has 1 aromatic carbocycles. The number of aryl methyl sites for hydroxylation is 1. The van der Waals surface area contributed by atoms with Gasteiger partial charge >= 0.3 is 11.9 Å². The summed E-state index contributed by atoms with van der Waals surface area (Å²) < 4.78 is 11.7. The third-order valence-corrected chi connectivity index (χ3v) is 4.92. The molecule has 0 N–H and O–H groups in total. The van der Waals surface area contributed by atoms with E-state index < -0.39 is 17.5 Å². The Hall–Kier alpha value is -3.49. The zero-order chi connectivity index (χ0) is 22.4. The summed E-state index contributed by atoms with van der Waals surface area (Å²) in [7, 11) is 1.34. The second kappa shape index (κ2) is 9.82. The number of methoxy groups -OCH3 is 1. The largest absolute Gasteiger partial charge is 0.469 e. The number of nitro benzene ring substituents is 1. The first-order chi connectivity index (χ1) is 14.2. The van der Waals surface area contributed by atoms with Crippen molar-refractivity contribution in [3.8, 4) is 0 Å². The highest BCUT2D eigenvalue weighted by Gasteiger charge is 2.21. The van der Waals surface area contributed by atoms with Crippen LogP contribution in [0.2, 0.25) is 0 Å². The van der Waals surface area contributed by atoms with Gasteiger partial charge in [0.25, 0.3) is 5.69 Å². The van der Waals surface area contributed by atoms with Gasteiger partial charge in [-0.05, 0) is 39.3 Å². The minimum absolute atomic E-state index is 0.0466. The highest BCUT2D eigenvalue weighted by atomic mass is 16.6. The van der Waals surface area contributed by atoms with E-state index in [2.05, 4.69) is 4.74 Å². The van der Waals surface area contributed by atoms with Crippen LogP contribution in [-0.4, -0.2) is 40.9 Å². The number of Topliss-reactive ketones (excluding diaryl/α,β-unsaturated/α-hetero) is 1. The number of esters is 2. The Labute approximate surface area is 173 Å². The standard InChI is InChI=1S/C21H24N2O7/c1-13-11-17(15(3)22(13)10-6-9-20(25)29-4)19(24)12-30-21(26)16-7-5-8-18(14(16)2)23(27)28/h5,7-8,11H,6,9-10,12H2,1-4H3. The van der Waals surface area contributed by atoms with Crippen LogP contribution in [0.3, 0.4) is 0 Å². The molecule has 2 aromatic rings. The van der Waals surface area contributed by atoms with Gasteiger partial charge in [-0.1, -0.05) is 6.07 Å². The van der Waals surface area contributed by atoms with Gasteiger partial charge in [-0.3, -0.25) is 19.7 Å². The Morgan fingerprint density at radius 3 is 2.47 bits per heavy atom. The summed E-state index contributed by atoms with van der Waals surface area (Å²) in [5.74, 6) is -1.47. The van der Waals surface area contributed by atoms with E-state index in [0.717, 1.165) is 5.69 Å². The van der Waals surface area contributed by atoms with Crippen LogP contribution < -0.4 is 0 Å². The molecule has 30 heavy (non-hydrogen) atoms. The Morgan fingerprint density at radius 2 is 1.83 bits per heavy atom. The number of benzene rings is 1. The van der Waals surface area contributed by atoms with Crippen molar-refractivity contribution in [1.29, 1.82) is 0 Å². The SMILES string of the molecule is COC(=O)CCCn1c(C)cc(C(=O)COC(=O)c2cccc([N+](=O)[O-])c2C)c1C. The van der Waals surface area contributed by atoms with Crippen LogP contribution in [0.1, 0.15) is 50.5 Å². The van der Waals surface area contributed by atoms with Gasteiger partial charge in [-0.25, -0.2) is 4.79 Å². The number of ketones is 1. The van der Waals surface area contributed by atoms with Gasteiger partial charge in [0.15, 0.2) is 6.61 Å². The molecule has 0 bridgehead atoms. The summed E-state index contributed by atoms with van der Waals surface area (Å²) in [5, 5.41) is 11.0. The van der Waals surface area contributed by atoms with Gasteiger partial charge in [-0.15, -0.1) is 0 Å². The van der Waals surface area contributed by atoms with Gasteiger partial charge in [0.05, 0.1) is 17.6 Å². The maximum absolute atomic E-state index is 12.6. The Kier molecular flexibility index (Phi) is 7.46. The van der Waals surface area contributed by atoms with Crippen LogP contribution in [0.15, 0.2) is 24.3 Å². The van der Waals surface area contributed by atoms with Gasteiger partial charge in [0, 0.05) is 41.5 Å². The number of rotatable bonds is 9. The zero-order valence-electron chi connectivity index (χ0n) is 17.4. The van der Waals surface area contributed by atoms with Gasteiger partial charge in [-0.2, -0.15) is 0 Å². The molecule has 0 fully saturated rings. The predicted molar refractivity (Wildman–Crippen MR) is 108 cm³/mol. The first kappa shape index (κ1) is 22.8. The Balaban J connectivity index is 2.06. The minimum atomic E-state index is -0.795. The fourth-order valence-corrected chi connectivity index (χ4v) is 3.24. The molecule has 9 heteroatoms. The highest BCUT2D eigenvalue weighted by molar-refractivity contribution is 6.00. The van der Waals surface area contributed by atoms with E-state index in [9.17, 15) is 24.5 Å². The van der Waals surface area contributed by atoms with Crippen molar-refractivity contribution in [2.75, 3.05) is 13.7 Å². The van der Waals surface area contributed by atoms with Gasteiger partial charge < -0.3 is 14.0 Å². The highest BCUT2D eigenvalue weighted by Crippen LogP contribution is 2.22. The lowest BCUT2D eigenvalue weighted by Crippen LogP contribution is -2.16. The first-order valence-corrected chi connectivity index (χ1v) is 9.35. The summed E-state index contributed by atoms with van der Waals surface area (Å²) in [6.07, 6.45) is 0.842. The molecule has 0 radical (unpaired) electrons. The normalized spacial score (nSPS) is 10.5. The lowest BCUT2D eigenvalue weighted by molar-refractivity contribution is -0.385. The van der Waals surface area contributed by atoms with E-state index in [1.807, 2.05) is 11.5 Å². The van der Waals surface area contributed by atoms with E-state index in [1.54, 1.807) is 13.0 Å². The van der Waals surface area contributed by atoms with Crippen molar-refractivity contribution < 1.29 is 28.8 Å². The molecule has 1 heterocycles. The van der Waals surface area contributed by atoms with Crippen LogP contribution in [0.4, 0.5) is 5.69 Å². The molecule has 0 aliphatic rings. The second-order valence-electron chi connectivity index (χ2n) is 6.82. The maximum atomic E-state index is 12.6. The monoisotopic (exact) mass is 416 g/mol. The Bertz CT molecular complexity index is 991. The summed E-state index contributed by atoms with van der Waals surface area (Å²) in [6.45, 7) is 5.16. The first-order valence-electron chi connectivity index (χ1n) is 9.35. The van der Waals surface area contributed by atoms with Crippen molar-refractivity contribution in [1.82, 2.24) is 4.57 Å². The number of ether oxygens (including phenoxy) is 2. The van der Waals surface area contributed by atoms with Crippen molar-refractivity contribution >= 4 is 23.4 Å². The van der Waals surface area contributed by atoms with E-state index >= 15 is 0 Å². The topological polar surface area (TPSA) is 118 Å². The van der Waals surface area contributed by atoms with Crippen LogP contribution >= 0.6 is 0 Å². The molecular formula is C21H24N2O7.